The van der Waals surface area contributed by atoms with E-state index in [4.69, 9.17) is 0 Å². The first-order chi connectivity index (χ1) is 14.5. The van der Waals surface area contributed by atoms with Gasteiger partial charge in [-0.2, -0.15) is 0 Å². The third kappa shape index (κ3) is 4.99. The van der Waals surface area contributed by atoms with Gasteiger partial charge in [-0.3, -0.25) is 4.79 Å². The minimum absolute atomic E-state index is 0.000924. The van der Waals surface area contributed by atoms with Crippen molar-refractivity contribution in [1.82, 2.24) is 15.3 Å². The maximum Gasteiger partial charge on any atom is 0.225 e. The fourth-order valence-corrected chi connectivity index (χ4v) is 4.81. The molecule has 1 N–H and O–H groups in total. The van der Waals surface area contributed by atoms with Crippen molar-refractivity contribution in [2.24, 2.45) is 5.41 Å². The van der Waals surface area contributed by atoms with E-state index in [1.807, 2.05) is 31.5 Å². The van der Waals surface area contributed by atoms with E-state index in [2.05, 4.69) is 44.2 Å². The van der Waals surface area contributed by atoms with E-state index in [-0.39, 0.29) is 11.9 Å². The lowest BCUT2D eigenvalue weighted by molar-refractivity contribution is -0.119. The number of aromatic nitrogens is 2. The molecule has 1 aliphatic carbocycles. The van der Waals surface area contributed by atoms with Crippen LogP contribution in [0.5, 0.6) is 0 Å². The van der Waals surface area contributed by atoms with Gasteiger partial charge in [0.15, 0.2) is 0 Å². The number of anilines is 1. The molecule has 1 atom stereocenters. The topological polar surface area (TPSA) is 58.1 Å². The number of carbonyl (C=O) groups excluding carboxylic acids is 1. The molecule has 1 amide bonds. The number of carbonyl (C=O) groups is 1. The van der Waals surface area contributed by atoms with Crippen molar-refractivity contribution in [2.45, 2.75) is 58.4 Å². The zero-order valence-corrected chi connectivity index (χ0v) is 17.9. The van der Waals surface area contributed by atoms with Gasteiger partial charge in [-0.25, -0.2) is 9.97 Å². The molecule has 2 fully saturated rings. The number of rotatable bonds is 4. The van der Waals surface area contributed by atoms with Gasteiger partial charge in [-0.1, -0.05) is 36.8 Å². The third-order valence-electron chi connectivity index (χ3n) is 6.32. The van der Waals surface area contributed by atoms with Crippen LogP contribution in [0, 0.1) is 17.3 Å². The van der Waals surface area contributed by atoms with E-state index < -0.39 is 0 Å². The molecular weight excluding hydrogens is 372 g/mol. The van der Waals surface area contributed by atoms with Crippen molar-refractivity contribution in [3.8, 4) is 11.8 Å². The summed E-state index contributed by atoms with van der Waals surface area (Å²) in [5.41, 5.74) is 3.49. The molecule has 5 nitrogen and oxygen atoms in total. The number of hydrogen-bond donors (Lipinski definition) is 1. The summed E-state index contributed by atoms with van der Waals surface area (Å²) in [7, 11) is 0. The number of amides is 1. The van der Waals surface area contributed by atoms with Gasteiger partial charge in [-0.05, 0) is 55.7 Å². The van der Waals surface area contributed by atoms with Gasteiger partial charge >= 0.3 is 0 Å². The summed E-state index contributed by atoms with van der Waals surface area (Å²) >= 11 is 0. The molecule has 1 unspecified atom stereocenters. The van der Waals surface area contributed by atoms with Crippen LogP contribution in [0.1, 0.15) is 62.6 Å². The zero-order chi connectivity index (χ0) is 21.0. The van der Waals surface area contributed by atoms with Crippen molar-refractivity contribution in [3.63, 3.8) is 0 Å². The highest BCUT2D eigenvalue weighted by Crippen LogP contribution is 2.45. The molecule has 1 saturated heterocycles. The monoisotopic (exact) mass is 402 g/mol. The first-order valence-electron chi connectivity index (χ1n) is 11.0. The van der Waals surface area contributed by atoms with Crippen LogP contribution in [0.2, 0.25) is 0 Å². The van der Waals surface area contributed by atoms with Gasteiger partial charge in [0.05, 0.1) is 5.56 Å². The fourth-order valence-electron chi connectivity index (χ4n) is 4.81. The Kier molecular flexibility index (Phi) is 6.03. The van der Waals surface area contributed by atoms with Gasteiger partial charge < -0.3 is 10.2 Å². The lowest BCUT2D eigenvalue weighted by Gasteiger charge is -2.23. The molecule has 0 bridgehead atoms. The van der Waals surface area contributed by atoms with Crippen LogP contribution in [-0.2, 0) is 11.2 Å². The summed E-state index contributed by atoms with van der Waals surface area (Å²) in [6, 6.07) is 8.28. The smallest absolute Gasteiger partial charge is 0.225 e. The van der Waals surface area contributed by atoms with Crippen LogP contribution in [0.4, 0.5) is 5.95 Å². The van der Waals surface area contributed by atoms with Crippen LogP contribution >= 0.6 is 0 Å². The van der Waals surface area contributed by atoms with Gasteiger partial charge in [-0.15, -0.1) is 0 Å². The van der Waals surface area contributed by atoms with Gasteiger partial charge in [0.1, 0.15) is 0 Å². The minimum Gasteiger partial charge on any atom is -0.354 e. The van der Waals surface area contributed by atoms with Crippen molar-refractivity contribution in [1.29, 1.82) is 0 Å². The predicted molar refractivity (Wildman–Crippen MR) is 119 cm³/mol. The molecule has 1 aliphatic heterocycles. The average molecular weight is 403 g/mol. The Morgan fingerprint density at radius 1 is 1.10 bits per heavy atom. The highest BCUT2D eigenvalue weighted by atomic mass is 16.1. The van der Waals surface area contributed by atoms with Crippen molar-refractivity contribution >= 4 is 11.9 Å². The molecule has 1 aromatic carbocycles. The molecule has 0 radical (unpaired) electrons. The van der Waals surface area contributed by atoms with Crippen LogP contribution < -0.4 is 10.2 Å². The Balaban J connectivity index is 1.34. The van der Waals surface area contributed by atoms with Gasteiger partial charge in [0, 0.05) is 44.0 Å². The first-order valence-corrected chi connectivity index (χ1v) is 11.0. The lowest BCUT2D eigenvalue weighted by atomic mass is 9.86. The Morgan fingerprint density at radius 2 is 1.77 bits per heavy atom. The van der Waals surface area contributed by atoms with Gasteiger partial charge in [0.25, 0.3) is 0 Å². The Morgan fingerprint density at radius 3 is 2.43 bits per heavy atom. The second-order valence-electron chi connectivity index (χ2n) is 8.90. The quantitative estimate of drug-likeness (QED) is 0.792. The number of nitrogens with zero attached hydrogens (tertiary/aromatic N) is 3. The summed E-state index contributed by atoms with van der Waals surface area (Å²) < 4.78 is 0. The second kappa shape index (κ2) is 8.87. The second-order valence-corrected chi connectivity index (χ2v) is 8.90. The number of nitrogens with one attached hydrogen (secondary N) is 1. The SMILES string of the molecule is CC(=O)NC(C)Cc1ccc(C#Cc2cnc(N3CCC4(CCCC4)C3)nc2)cc1. The maximum absolute atomic E-state index is 11.1. The minimum atomic E-state index is 0.000924. The highest BCUT2D eigenvalue weighted by Gasteiger charge is 2.40. The van der Waals surface area contributed by atoms with E-state index in [1.54, 1.807) is 6.92 Å². The van der Waals surface area contributed by atoms with E-state index in [1.165, 1.54) is 37.7 Å². The van der Waals surface area contributed by atoms with E-state index in [0.29, 0.717) is 5.41 Å². The normalized spacial score (nSPS) is 18.1. The molecule has 2 aromatic rings. The lowest BCUT2D eigenvalue weighted by Crippen LogP contribution is -2.31. The molecule has 1 spiro atoms. The van der Waals surface area contributed by atoms with Gasteiger partial charge in [0.2, 0.25) is 11.9 Å². The Hall–Kier alpha value is -2.87. The van der Waals surface area contributed by atoms with E-state index in [9.17, 15) is 4.79 Å². The van der Waals surface area contributed by atoms with Crippen molar-refractivity contribution in [2.75, 3.05) is 18.0 Å². The Labute approximate surface area is 179 Å². The van der Waals surface area contributed by atoms with Crippen LogP contribution in [0.15, 0.2) is 36.7 Å². The highest BCUT2D eigenvalue weighted by molar-refractivity contribution is 5.73. The summed E-state index contributed by atoms with van der Waals surface area (Å²) in [4.78, 5) is 22.6. The predicted octanol–water partition coefficient (Wildman–Crippen LogP) is 3.71. The van der Waals surface area contributed by atoms with E-state index in [0.717, 1.165) is 36.6 Å². The first kappa shape index (κ1) is 20.4. The summed E-state index contributed by atoms with van der Waals surface area (Å²) in [5.74, 6) is 7.19. The molecule has 1 saturated carbocycles. The summed E-state index contributed by atoms with van der Waals surface area (Å²) in [6.45, 7) is 5.72. The molecule has 1 aromatic heterocycles. The van der Waals surface area contributed by atoms with Crippen LogP contribution in [0.25, 0.3) is 0 Å². The standard InChI is InChI=1S/C25H30N4O/c1-19(28-20(2)30)15-22-8-5-21(6-9-22)7-10-23-16-26-24(27-17-23)29-14-13-25(18-29)11-3-4-12-25/h5-6,8-9,16-17,19H,3-4,11-15,18H2,1-2H3,(H,28,30). The Bertz CT molecular complexity index is 934. The molecule has 2 aliphatic rings. The number of hydrogen-bond acceptors (Lipinski definition) is 4. The largest absolute Gasteiger partial charge is 0.354 e. The van der Waals surface area contributed by atoms with Crippen molar-refractivity contribution < 1.29 is 4.79 Å². The average Bonchev–Trinajstić information content (AvgIpc) is 3.37. The molecule has 156 valence electrons. The van der Waals surface area contributed by atoms with E-state index >= 15 is 0 Å². The maximum atomic E-state index is 11.1. The molecule has 30 heavy (non-hydrogen) atoms. The summed E-state index contributed by atoms with van der Waals surface area (Å²) in [6.07, 6.45) is 11.2. The molecule has 4 rings (SSSR count). The third-order valence-corrected chi connectivity index (χ3v) is 6.32. The molecule has 5 heteroatoms. The van der Waals surface area contributed by atoms with Crippen LogP contribution in [-0.4, -0.2) is 35.0 Å². The fraction of sp³-hybridized carbons (Fsp3) is 0.480. The molecular formula is C25H30N4O. The summed E-state index contributed by atoms with van der Waals surface area (Å²) in [5, 5.41) is 2.91. The van der Waals surface area contributed by atoms with Crippen molar-refractivity contribution in [3.05, 3.63) is 53.3 Å². The number of benzene rings is 1. The molecule has 2 heterocycles. The van der Waals surface area contributed by atoms with Crippen LogP contribution in [0.3, 0.4) is 0 Å². The zero-order valence-electron chi connectivity index (χ0n) is 17.9.